The third kappa shape index (κ3) is 3.73. The molecule has 1 heterocycles. The fourth-order valence-electron chi connectivity index (χ4n) is 2.64. The van der Waals surface area contributed by atoms with Gasteiger partial charge in [0.15, 0.2) is 0 Å². The van der Waals surface area contributed by atoms with Gasteiger partial charge in [0, 0.05) is 17.3 Å². The summed E-state index contributed by atoms with van der Waals surface area (Å²) in [5.41, 5.74) is 6.71. The second-order valence-corrected chi connectivity index (χ2v) is 5.79. The second-order valence-electron chi connectivity index (χ2n) is 5.79. The van der Waals surface area contributed by atoms with Gasteiger partial charge in [-0.1, -0.05) is 67.3 Å². The highest BCUT2D eigenvalue weighted by atomic mass is 14.7. The summed E-state index contributed by atoms with van der Waals surface area (Å²) < 4.78 is 0. The molecule has 120 valence electrons. The van der Waals surface area contributed by atoms with Crippen molar-refractivity contribution in [2.45, 2.75) is 6.42 Å². The number of pyridine rings is 1. The molecule has 0 aliphatic rings. The van der Waals surface area contributed by atoms with Gasteiger partial charge in [0.2, 0.25) is 0 Å². The molecule has 2 nitrogen and oxygen atoms in total. The van der Waals surface area contributed by atoms with Crippen LogP contribution in [0.25, 0.3) is 28.0 Å². The molecule has 0 N–H and O–H groups in total. The Morgan fingerprint density at radius 3 is 2.12 bits per heavy atom. The fourth-order valence-corrected chi connectivity index (χ4v) is 2.64. The van der Waals surface area contributed by atoms with Gasteiger partial charge in [-0.25, -0.2) is 0 Å². The van der Waals surface area contributed by atoms with Gasteiger partial charge >= 0.3 is 0 Å². The van der Waals surface area contributed by atoms with Crippen molar-refractivity contribution in [1.82, 2.24) is 4.98 Å². The normalized spacial score (nSPS) is 10.0. The van der Waals surface area contributed by atoms with E-state index in [0.29, 0.717) is 5.57 Å². The molecule has 3 rings (SSSR count). The zero-order valence-corrected chi connectivity index (χ0v) is 13.9. The molecular formula is C23H18N2. The predicted molar refractivity (Wildman–Crippen MR) is 104 cm³/mol. The van der Waals surface area contributed by atoms with Crippen LogP contribution in [-0.2, 0) is 6.42 Å². The number of nitriles is 1. The number of aromatic nitrogens is 1. The molecule has 0 aliphatic carbocycles. The summed E-state index contributed by atoms with van der Waals surface area (Å²) in [5, 5.41) is 8.89. The molecule has 1 aromatic heterocycles. The standard InChI is InChI=1S/C23H18N2/c1-3-4-18-5-7-20(8-6-18)22-13-14-23(25-16-22)21-11-9-19(10-12-21)17(2)15-24/h3,5-14,16H,1-2,4H2. The van der Waals surface area contributed by atoms with Gasteiger partial charge in [-0.15, -0.1) is 6.58 Å². The maximum absolute atomic E-state index is 8.89. The van der Waals surface area contributed by atoms with Crippen molar-refractivity contribution in [2.75, 3.05) is 0 Å². The summed E-state index contributed by atoms with van der Waals surface area (Å²) in [6.07, 6.45) is 4.67. The Kier molecular flexibility index (Phi) is 4.87. The Morgan fingerprint density at radius 2 is 1.56 bits per heavy atom. The number of nitrogens with zero attached hydrogens (tertiary/aromatic N) is 2. The Morgan fingerprint density at radius 1 is 0.920 bits per heavy atom. The maximum Gasteiger partial charge on any atom is 0.0991 e. The molecule has 0 unspecified atom stereocenters. The first-order valence-electron chi connectivity index (χ1n) is 8.07. The summed E-state index contributed by atoms with van der Waals surface area (Å²) in [6, 6.07) is 22.3. The molecule has 2 aromatic carbocycles. The summed E-state index contributed by atoms with van der Waals surface area (Å²) >= 11 is 0. The Balaban J connectivity index is 1.81. The van der Waals surface area contributed by atoms with Crippen LogP contribution in [0.15, 0.2) is 86.1 Å². The van der Waals surface area contributed by atoms with Gasteiger partial charge < -0.3 is 0 Å². The number of hydrogen-bond donors (Lipinski definition) is 0. The number of allylic oxidation sites excluding steroid dienone is 2. The highest BCUT2D eigenvalue weighted by molar-refractivity contribution is 5.76. The van der Waals surface area contributed by atoms with E-state index in [9.17, 15) is 0 Å². The maximum atomic E-state index is 8.89. The Bertz CT molecular complexity index is 925. The van der Waals surface area contributed by atoms with Crippen LogP contribution in [0.2, 0.25) is 0 Å². The molecule has 0 aliphatic heterocycles. The molecule has 0 fully saturated rings. The second kappa shape index (κ2) is 7.42. The highest BCUT2D eigenvalue weighted by Gasteiger charge is 2.03. The van der Waals surface area contributed by atoms with Gasteiger partial charge in [-0.3, -0.25) is 4.98 Å². The largest absolute Gasteiger partial charge is 0.256 e. The lowest BCUT2D eigenvalue weighted by Gasteiger charge is -2.06. The zero-order chi connectivity index (χ0) is 17.6. The van der Waals surface area contributed by atoms with E-state index < -0.39 is 0 Å². The van der Waals surface area contributed by atoms with Crippen molar-refractivity contribution in [3.8, 4) is 28.5 Å². The van der Waals surface area contributed by atoms with Crippen molar-refractivity contribution < 1.29 is 0 Å². The first kappa shape index (κ1) is 16.4. The summed E-state index contributed by atoms with van der Waals surface area (Å²) in [7, 11) is 0. The van der Waals surface area contributed by atoms with Crippen molar-refractivity contribution in [3.63, 3.8) is 0 Å². The van der Waals surface area contributed by atoms with E-state index in [2.05, 4.69) is 54.5 Å². The van der Waals surface area contributed by atoms with Crippen LogP contribution in [-0.4, -0.2) is 4.98 Å². The highest BCUT2D eigenvalue weighted by Crippen LogP contribution is 2.24. The molecule has 0 saturated carbocycles. The van der Waals surface area contributed by atoms with E-state index >= 15 is 0 Å². The van der Waals surface area contributed by atoms with E-state index in [-0.39, 0.29) is 0 Å². The number of benzene rings is 2. The summed E-state index contributed by atoms with van der Waals surface area (Å²) in [5.74, 6) is 0. The van der Waals surface area contributed by atoms with Crippen LogP contribution in [0.3, 0.4) is 0 Å². The minimum atomic E-state index is 0.467. The number of hydrogen-bond acceptors (Lipinski definition) is 2. The molecule has 25 heavy (non-hydrogen) atoms. The topological polar surface area (TPSA) is 36.7 Å². The average molecular weight is 322 g/mol. The minimum Gasteiger partial charge on any atom is -0.256 e. The smallest absolute Gasteiger partial charge is 0.0991 e. The molecular weight excluding hydrogens is 304 g/mol. The Labute approximate surface area is 148 Å². The molecule has 0 bridgehead atoms. The van der Waals surface area contributed by atoms with E-state index in [1.54, 1.807) is 0 Å². The first-order chi connectivity index (χ1) is 12.2. The quantitative estimate of drug-likeness (QED) is 0.447. The van der Waals surface area contributed by atoms with Crippen molar-refractivity contribution >= 4 is 5.57 Å². The summed E-state index contributed by atoms with van der Waals surface area (Å²) in [4.78, 5) is 4.58. The average Bonchev–Trinajstić information content (AvgIpc) is 2.68. The number of rotatable bonds is 5. The van der Waals surface area contributed by atoms with Crippen LogP contribution in [0.4, 0.5) is 0 Å². The zero-order valence-electron chi connectivity index (χ0n) is 13.9. The first-order valence-corrected chi connectivity index (χ1v) is 8.07. The third-order valence-electron chi connectivity index (χ3n) is 4.09. The Hall–Kier alpha value is -3.44. The molecule has 0 spiro atoms. The van der Waals surface area contributed by atoms with E-state index in [4.69, 9.17) is 5.26 Å². The van der Waals surface area contributed by atoms with Crippen molar-refractivity contribution in [3.05, 3.63) is 97.2 Å². The lowest BCUT2D eigenvalue weighted by molar-refractivity contribution is 1.27. The monoisotopic (exact) mass is 322 g/mol. The van der Waals surface area contributed by atoms with Gasteiger partial charge in [-0.2, -0.15) is 5.26 Å². The fraction of sp³-hybridized carbons (Fsp3) is 0.0435. The van der Waals surface area contributed by atoms with Crippen LogP contribution in [0.1, 0.15) is 11.1 Å². The molecule has 0 atom stereocenters. The van der Waals surface area contributed by atoms with Crippen molar-refractivity contribution in [1.29, 1.82) is 5.26 Å². The summed E-state index contributed by atoms with van der Waals surface area (Å²) in [6.45, 7) is 7.49. The molecule has 0 radical (unpaired) electrons. The molecule has 0 amide bonds. The van der Waals surface area contributed by atoms with E-state index in [1.807, 2.05) is 42.6 Å². The molecule has 2 heteroatoms. The lowest BCUT2D eigenvalue weighted by atomic mass is 10.0. The lowest BCUT2D eigenvalue weighted by Crippen LogP contribution is -1.87. The van der Waals surface area contributed by atoms with Crippen LogP contribution >= 0.6 is 0 Å². The van der Waals surface area contributed by atoms with Gasteiger partial charge in [0.1, 0.15) is 0 Å². The SMILES string of the molecule is C=CCc1ccc(-c2ccc(-c3ccc(C(=C)C#N)cc3)nc2)cc1. The van der Waals surface area contributed by atoms with E-state index in [0.717, 1.165) is 34.4 Å². The minimum absolute atomic E-state index is 0.467. The molecule has 3 aromatic rings. The molecule has 0 saturated heterocycles. The van der Waals surface area contributed by atoms with Crippen LogP contribution < -0.4 is 0 Å². The van der Waals surface area contributed by atoms with Gasteiger partial charge in [0.05, 0.1) is 17.3 Å². The van der Waals surface area contributed by atoms with Crippen molar-refractivity contribution in [2.24, 2.45) is 0 Å². The van der Waals surface area contributed by atoms with E-state index in [1.165, 1.54) is 5.56 Å². The van der Waals surface area contributed by atoms with Gasteiger partial charge in [-0.05, 0) is 29.2 Å². The van der Waals surface area contributed by atoms with Crippen LogP contribution in [0.5, 0.6) is 0 Å². The van der Waals surface area contributed by atoms with Crippen LogP contribution in [0, 0.1) is 11.3 Å². The van der Waals surface area contributed by atoms with Gasteiger partial charge in [0.25, 0.3) is 0 Å². The predicted octanol–water partition coefficient (Wildman–Crippen LogP) is 5.68. The third-order valence-corrected chi connectivity index (χ3v) is 4.09.